The maximum absolute atomic E-state index is 11.5. The summed E-state index contributed by atoms with van der Waals surface area (Å²) in [5, 5.41) is 0. The fourth-order valence-corrected chi connectivity index (χ4v) is 1.92. The lowest BCUT2D eigenvalue weighted by Gasteiger charge is -2.14. The van der Waals surface area contributed by atoms with Gasteiger partial charge in [-0.15, -0.1) is 0 Å². The molecule has 0 saturated carbocycles. The van der Waals surface area contributed by atoms with Gasteiger partial charge < -0.3 is 4.74 Å². The zero-order chi connectivity index (χ0) is 12.5. The van der Waals surface area contributed by atoms with Gasteiger partial charge in [-0.25, -0.2) is 0 Å². The van der Waals surface area contributed by atoms with Crippen molar-refractivity contribution >= 4 is 21.9 Å². The Kier molecular flexibility index (Phi) is 6.63. The second kappa shape index (κ2) is 8.07. The molecule has 0 aromatic heterocycles. The molecule has 0 radical (unpaired) electrons. The molecule has 92 valence electrons. The number of allylic oxidation sites excluding steroid dienone is 1. The van der Waals surface area contributed by atoms with Crippen LogP contribution in [0.15, 0.2) is 41.4 Å². The maximum atomic E-state index is 11.5. The average Bonchev–Trinajstić information content (AvgIpc) is 2.36. The minimum absolute atomic E-state index is 0.135. The lowest BCUT2D eigenvalue weighted by atomic mass is 9.93. The number of rotatable bonds is 6. The summed E-state index contributed by atoms with van der Waals surface area (Å²) < 4.78 is 5.00. The second-order valence-corrected chi connectivity index (χ2v) is 4.24. The summed E-state index contributed by atoms with van der Waals surface area (Å²) in [7, 11) is 0. The Hall–Kier alpha value is -1.09. The first-order chi connectivity index (χ1) is 8.27. The molecule has 0 aliphatic rings. The molecule has 0 N–H and O–H groups in total. The van der Waals surface area contributed by atoms with E-state index in [1.165, 1.54) is 5.56 Å². The molecule has 0 bridgehead atoms. The average molecular weight is 297 g/mol. The van der Waals surface area contributed by atoms with Crippen molar-refractivity contribution in [1.29, 1.82) is 0 Å². The molecule has 17 heavy (non-hydrogen) atoms. The number of carbonyl (C=O) groups excluding carboxylic acids is 1. The molecule has 0 spiro atoms. The molecule has 1 unspecified atom stereocenters. The summed E-state index contributed by atoms with van der Waals surface area (Å²) in [5.74, 6) is 0.0494. The van der Waals surface area contributed by atoms with Gasteiger partial charge >= 0.3 is 5.97 Å². The lowest BCUT2D eigenvalue weighted by molar-refractivity contribution is -0.143. The zero-order valence-electron chi connectivity index (χ0n) is 9.93. The highest BCUT2D eigenvalue weighted by Crippen LogP contribution is 2.24. The maximum Gasteiger partial charge on any atom is 0.306 e. The van der Waals surface area contributed by atoms with Crippen molar-refractivity contribution in [1.82, 2.24) is 0 Å². The summed E-state index contributed by atoms with van der Waals surface area (Å²) >= 11 is 3.25. The normalized spacial score (nSPS) is 12.6. The molecule has 3 heteroatoms. The molecule has 0 aliphatic carbocycles. The van der Waals surface area contributed by atoms with E-state index in [1.807, 2.05) is 48.3 Å². The van der Waals surface area contributed by atoms with Gasteiger partial charge in [0.15, 0.2) is 0 Å². The Morgan fingerprint density at radius 1 is 1.41 bits per heavy atom. The fraction of sp³-hybridized carbons (Fsp3) is 0.357. The molecule has 0 heterocycles. The summed E-state index contributed by atoms with van der Waals surface area (Å²) in [5.41, 5.74) is 1.17. The number of hydrogen-bond donors (Lipinski definition) is 0. The Morgan fingerprint density at radius 2 is 2.12 bits per heavy atom. The largest absolute Gasteiger partial charge is 0.466 e. The number of esters is 1. The van der Waals surface area contributed by atoms with Crippen molar-refractivity contribution in [2.24, 2.45) is 0 Å². The van der Waals surface area contributed by atoms with Gasteiger partial charge in [-0.1, -0.05) is 52.3 Å². The zero-order valence-corrected chi connectivity index (χ0v) is 11.5. The predicted octanol–water partition coefficient (Wildman–Crippen LogP) is 4.02. The summed E-state index contributed by atoms with van der Waals surface area (Å²) in [6, 6.07) is 10.1. The smallest absolute Gasteiger partial charge is 0.306 e. The fourth-order valence-electron chi connectivity index (χ4n) is 1.70. The Labute approximate surface area is 111 Å². The Balaban J connectivity index is 2.70. The number of ether oxygens (including phenoxy) is 1. The monoisotopic (exact) mass is 296 g/mol. The first-order valence-electron chi connectivity index (χ1n) is 5.73. The molecule has 2 nitrogen and oxygen atoms in total. The molecular formula is C14H17BrO2. The molecule has 0 amide bonds. The van der Waals surface area contributed by atoms with Gasteiger partial charge in [-0.2, -0.15) is 0 Å². The Bertz CT molecular complexity index is 360. The second-order valence-electron chi connectivity index (χ2n) is 3.71. The van der Waals surface area contributed by atoms with Crippen molar-refractivity contribution in [3.05, 3.63) is 47.0 Å². The lowest BCUT2D eigenvalue weighted by Crippen LogP contribution is -2.10. The third-order valence-electron chi connectivity index (χ3n) is 2.50. The van der Waals surface area contributed by atoms with E-state index in [2.05, 4.69) is 15.9 Å². The van der Waals surface area contributed by atoms with Crippen molar-refractivity contribution in [2.75, 3.05) is 6.61 Å². The first-order valence-corrected chi connectivity index (χ1v) is 6.65. The van der Waals surface area contributed by atoms with Crippen LogP contribution in [-0.2, 0) is 9.53 Å². The summed E-state index contributed by atoms with van der Waals surface area (Å²) in [6.45, 7) is 2.27. The highest BCUT2D eigenvalue weighted by atomic mass is 79.9. The molecule has 0 saturated heterocycles. The van der Waals surface area contributed by atoms with Crippen molar-refractivity contribution in [3.63, 3.8) is 0 Å². The topological polar surface area (TPSA) is 26.3 Å². The molecule has 1 atom stereocenters. The van der Waals surface area contributed by atoms with Crippen LogP contribution in [-0.4, -0.2) is 12.6 Å². The highest BCUT2D eigenvalue weighted by molar-refractivity contribution is 9.11. The first kappa shape index (κ1) is 14.0. The van der Waals surface area contributed by atoms with Crippen LogP contribution in [0.1, 0.15) is 31.2 Å². The number of carbonyl (C=O) groups is 1. The van der Waals surface area contributed by atoms with Crippen LogP contribution in [0.4, 0.5) is 0 Å². The number of benzene rings is 1. The molecule has 1 aromatic carbocycles. The third kappa shape index (κ3) is 5.18. The van der Waals surface area contributed by atoms with E-state index < -0.39 is 0 Å². The quantitative estimate of drug-likeness (QED) is 0.741. The summed E-state index contributed by atoms with van der Waals surface area (Å²) in [6.07, 6.45) is 3.26. The van der Waals surface area contributed by atoms with Gasteiger partial charge in [-0.3, -0.25) is 4.79 Å². The van der Waals surface area contributed by atoms with E-state index in [-0.39, 0.29) is 11.9 Å². The molecule has 1 aromatic rings. The van der Waals surface area contributed by atoms with Crippen LogP contribution in [0.5, 0.6) is 0 Å². The van der Waals surface area contributed by atoms with Gasteiger partial charge in [0.2, 0.25) is 0 Å². The van der Waals surface area contributed by atoms with E-state index in [0.717, 1.165) is 6.42 Å². The van der Waals surface area contributed by atoms with E-state index in [4.69, 9.17) is 4.74 Å². The van der Waals surface area contributed by atoms with Crippen molar-refractivity contribution < 1.29 is 9.53 Å². The van der Waals surface area contributed by atoms with Gasteiger partial charge in [0.25, 0.3) is 0 Å². The van der Waals surface area contributed by atoms with E-state index in [1.54, 1.807) is 0 Å². The van der Waals surface area contributed by atoms with Crippen molar-refractivity contribution in [3.8, 4) is 0 Å². The molecule has 1 rings (SSSR count). The molecule has 0 fully saturated rings. The van der Waals surface area contributed by atoms with Gasteiger partial charge in [0.05, 0.1) is 13.0 Å². The third-order valence-corrected chi connectivity index (χ3v) is 2.87. The molecule has 0 aliphatic heterocycles. The van der Waals surface area contributed by atoms with Crippen molar-refractivity contribution in [2.45, 2.75) is 25.7 Å². The number of hydrogen-bond acceptors (Lipinski definition) is 2. The van der Waals surface area contributed by atoms with Crippen LogP contribution in [0, 0.1) is 0 Å². The Morgan fingerprint density at radius 3 is 2.71 bits per heavy atom. The van der Waals surface area contributed by atoms with E-state index in [9.17, 15) is 4.79 Å². The SMILES string of the molecule is CCOC(=O)CC(C/C=C/Br)c1ccccc1. The van der Waals surface area contributed by atoms with E-state index >= 15 is 0 Å². The van der Waals surface area contributed by atoms with Crippen LogP contribution >= 0.6 is 15.9 Å². The highest BCUT2D eigenvalue weighted by Gasteiger charge is 2.15. The van der Waals surface area contributed by atoms with Crippen LogP contribution in [0.25, 0.3) is 0 Å². The van der Waals surface area contributed by atoms with Gasteiger partial charge in [0.1, 0.15) is 0 Å². The standard InChI is InChI=1S/C14H17BrO2/c1-2-17-14(16)11-13(9-6-10-15)12-7-4-3-5-8-12/h3-8,10,13H,2,9,11H2,1H3/b10-6+. The molecular weight excluding hydrogens is 280 g/mol. The minimum atomic E-state index is -0.135. The summed E-state index contributed by atoms with van der Waals surface area (Å²) in [4.78, 5) is 13.4. The predicted molar refractivity (Wildman–Crippen MR) is 73.1 cm³/mol. The van der Waals surface area contributed by atoms with Crippen LogP contribution in [0.3, 0.4) is 0 Å². The van der Waals surface area contributed by atoms with Gasteiger partial charge in [0, 0.05) is 0 Å². The van der Waals surface area contributed by atoms with E-state index in [0.29, 0.717) is 13.0 Å². The van der Waals surface area contributed by atoms with Gasteiger partial charge in [-0.05, 0) is 29.8 Å². The minimum Gasteiger partial charge on any atom is -0.466 e. The van der Waals surface area contributed by atoms with Crippen LogP contribution in [0.2, 0.25) is 0 Å². The number of halogens is 1. The van der Waals surface area contributed by atoms with Crippen LogP contribution < -0.4 is 0 Å².